The molecular weight excluding hydrogens is 422 g/mol. The quantitative estimate of drug-likeness (QED) is 0.179. The molecule has 172 valence electrons. The normalized spacial score (nSPS) is 10.8. The fourth-order valence-electron chi connectivity index (χ4n) is 3.22. The minimum Gasteiger partial charge on any atom is -0.493 e. The molecule has 0 heterocycles. The highest BCUT2D eigenvalue weighted by Crippen LogP contribution is 2.30. The molecule has 3 rings (SSSR count). The van der Waals surface area contributed by atoms with Gasteiger partial charge >= 0.3 is 0 Å². The van der Waals surface area contributed by atoms with Crippen LogP contribution in [0.25, 0.3) is 0 Å². The van der Waals surface area contributed by atoms with Crippen LogP contribution in [0.2, 0.25) is 0 Å². The molecule has 0 aromatic heterocycles. The Morgan fingerprint density at radius 2 is 1.58 bits per heavy atom. The van der Waals surface area contributed by atoms with Crippen LogP contribution in [0.15, 0.2) is 65.8 Å². The number of benzene rings is 3. The van der Waals surface area contributed by atoms with E-state index in [1.807, 2.05) is 50.2 Å². The zero-order valence-electron chi connectivity index (χ0n) is 18.9. The first kappa shape index (κ1) is 23.6. The number of non-ortho nitro benzene ring substituents is 1. The van der Waals surface area contributed by atoms with Crippen molar-refractivity contribution in [3.63, 3.8) is 0 Å². The highest BCUT2D eigenvalue weighted by Gasteiger charge is 2.10. The average Bonchev–Trinajstić information content (AvgIpc) is 2.81. The van der Waals surface area contributed by atoms with Crippen molar-refractivity contribution in [2.24, 2.45) is 5.10 Å². The highest BCUT2D eigenvalue weighted by atomic mass is 16.6. The predicted molar refractivity (Wildman–Crippen MR) is 129 cm³/mol. The zero-order chi connectivity index (χ0) is 23.6. The molecule has 0 amide bonds. The van der Waals surface area contributed by atoms with Gasteiger partial charge in [0.25, 0.3) is 5.69 Å². The molecule has 0 bridgehead atoms. The second-order valence-electron chi connectivity index (χ2n) is 7.32. The number of hydrogen-bond acceptors (Lipinski definition) is 7. The van der Waals surface area contributed by atoms with Gasteiger partial charge < -0.3 is 14.2 Å². The summed E-state index contributed by atoms with van der Waals surface area (Å²) < 4.78 is 17.4. The van der Waals surface area contributed by atoms with E-state index in [1.165, 1.54) is 12.1 Å². The van der Waals surface area contributed by atoms with E-state index in [9.17, 15) is 10.1 Å². The van der Waals surface area contributed by atoms with E-state index < -0.39 is 4.92 Å². The van der Waals surface area contributed by atoms with Crippen LogP contribution in [-0.4, -0.2) is 31.5 Å². The second-order valence-corrected chi connectivity index (χ2v) is 7.32. The van der Waals surface area contributed by atoms with Crippen molar-refractivity contribution >= 4 is 17.6 Å². The van der Waals surface area contributed by atoms with Crippen LogP contribution < -0.4 is 19.6 Å². The fourth-order valence-corrected chi connectivity index (χ4v) is 3.22. The number of ether oxygens (including phenoxy) is 3. The number of nitro benzene ring substituents is 1. The first-order valence-electron chi connectivity index (χ1n) is 10.5. The molecule has 33 heavy (non-hydrogen) atoms. The van der Waals surface area contributed by atoms with Crippen molar-refractivity contribution in [3.8, 4) is 17.2 Å². The molecule has 0 radical (unpaired) electrons. The Morgan fingerprint density at radius 3 is 2.21 bits per heavy atom. The van der Waals surface area contributed by atoms with E-state index in [1.54, 1.807) is 25.5 Å². The third-order valence-electron chi connectivity index (χ3n) is 4.89. The van der Waals surface area contributed by atoms with Crippen molar-refractivity contribution in [1.29, 1.82) is 0 Å². The summed E-state index contributed by atoms with van der Waals surface area (Å²) in [4.78, 5) is 10.3. The van der Waals surface area contributed by atoms with E-state index >= 15 is 0 Å². The summed E-state index contributed by atoms with van der Waals surface area (Å²) in [6.45, 7) is 5.04. The number of methoxy groups -OCH3 is 1. The minimum atomic E-state index is -0.444. The largest absolute Gasteiger partial charge is 0.493 e. The standard InChI is InChI=1S/C25H27N3O5/c1-18-7-4-8-19(2)24(18)32-15-6-16-33-25-20(9-5-10-23(25)31-3)17-26-27-21-11-13-22(14-12-21)28(29)30/h4-5,7-14,17,27H,6,15-16H2,1-3H3/b26-17-. The van der Waals surface area contributed by atoms with Gasteiger partial charge in [0.15, 0.2) is 11.5 Å². The van der Waals surface area contributed by atoms with Gasteiger partial charge in [0.1, 0.15) is 5.75 Å². The molecule has 0 saturated carbocycles. The first-order valence-corrected chi connectivity index (χ1v) is 10.5. The van der Waals surface area contributed by atoms with E-state index in [0.29, 0.717) is 36.8 Å². The summed E-state index contributed by atoms with van der Waals surface area (Å²) in [6, 6.07) is 17.6. The van der Waals surface area contributed by atoms with Crippen molar-refractivity contribution < 1.29 is 19.1 Å². The van der Waals surface area contributed by atoms with Crippen LogP contribution in [0.3, 0.4) is 0 Å². The molecule has 0 aliphatic carbocycles. The van der Waals surface area contributed by atoms with Gasteiger partial charge in [-0.05, 0) is 49.2 Å². The van der Waals surface area contributed by atoms with Gasteiger partial charge in [0, 0.05) is 24.1 Å². The summed E-state index contributed by atoms with van der Waals surface area (Å²) in [5.74, 6) is 2.10. The molecule has 0 atom stereocenters. The number of rotatable bonds is 11. The van der Waals surface area contributed by atoms with Gasteiger partial charge in [-0.2, -0.15) is 5.10 Å². The van der Waals surface area contributed by atoms with Gasteiger partial charge in [-0.3, -0.25) is 15.5 Å². The Morgan fingerprint density at radius 1 is 0.939 bits per heavy atom. The van der Waals surface area contributed by atoms with E-state index in [0.717, 1.165) is 22.4 Å². The maximum atomic E-state index is 10.8. The number of hydrogen-bond donors (Lipinski definition) is 1. The summed E-state index contributed by atoms with van der Waals surface area (Å²) in [5, 5.41) is 15.0. The molecule has 0 aliphatic heterocycles. The van der Waals surface area contributed by atoms with Gasteiger partial charge in [0.05, 0.1) is 37.1 Å². The highest BCUT2D eigenvalue weighted by molar-refractivity contribution is 5.85. The Balaban J connectivity index is 1.58. The third-order valence-corrected chi connectivity index (χ3v) is 4.89. The van der Waals surface area contributed by atoms with Crippen LogP contribution in [0.1, 0.15) is 23.1 Å². The van der Waals surface area contributed by atoms with Crippen LogP contribution in [0, 0.1) is 24.0 Å². The Labute approximate surface area is 193 Å². The fraction of sp³-hybridized carbons (Fsp3) is 0.240. The van der Waals surface area contributed by atoms with E-state index in [-0.39, 0.29) is 5.69 Å². The Kier molecular flexibility index (Phi) is 8.24. The lowest BCUT2D eigenvalue weighted by molar-refractivity contribution is -0.384. The number of hydrazone groups is 1. The summed E-state index contributed by atoms with van der Waals surface area (Å²) >= 11 is 0. The Hall–Kier alpha value is -4.07. The third kappa shape index (κ3) is 6.46. The summed E-state index contributed by atoms with van der Waals surface area (Å²) in [5.41, 5.74) is 6.47. The first-order chi connectivity index (χ1) is 16.0. The second kappa shape index (κ2) is 11.5. The van der Waals surface area contributed by atoms with Crippen LogP contribution in [-0.2, 0) is 0 Å². The summed E-state index contributed by atoms with van der Waals surface area (Å²) in [6.07, 6.45) is 2.32. The van der Waals surface area contributed by atoms with Gasteiger partial charge in [-0.15, -0.1) is 0 Å². The molecule has 0 saturated heterocycles. The molecule has 0 fully saturated rings. The molecule has 0 unspecified atom stereocenters. The van der Waals surface area contributed by atoms with Crippen LogP contribution in [0.4, 0.5) is 11.4 Å². The topological polar surface area (TPSA) is 95.2 Å². The predicted octanol–water partition coefficient (Wildman–Crippen LogP) is 5.51. The van der Waals surface area contributed by atoms with Crippen LogP contribution in [0.5, 0.6) is 17.2 Å². The SMILES string of the molecule is COc1cccc(/C=N\Nc2ccc([N+](=O)[O-])cc2)c1OCCCOc1c(C)cccc1C. The Bertz CT molecular complexity index is 1090. The number of nitro groups is 1. The van der Waals surface area contributed by atoms with Gasteiger partial charge in [-0.25, -0.2) is 0 Å². The molecule has 0 spiro atoms. The molecule has 0 aliphatic rings. The van der Waals surface area contributed by atoms with Gasteiger partial charge in [-0.1, -0.05) is 24.3 Å². The lowest BCUT2D eigenvalue weighted by Crippen LogP contribution is -2.08. The lowest BCUT2D eigenvalue weighted by atomic mass is 10.1. The molecule has 8 heteroatoms. The molecule has 3 aromatic rings. The molecule has 1 N–H and O–H groups in total. The number of anilines is 1. The van der Waals surface area contributed by atoms with Crippen molar-refractivity contribution in [2.75, 3.05) is 25.7 Å². The summed E-state index contributed by atoms with van der Waals surface area (Å²) in [7, 11) is 1.59. The van der Waals surface area contributed by atoms with Crippen molar-refractivity contribution in [3.05, 3.63) is 87.5 Å². The smallest absolute Gasteiger partial charge is 0.269 e. The number of nitrogens with one attached hydrogen (secondary N) is 1. The van der Waals surface area contributed by atoms with Crippen molar-refractivity contribution in [1.82, 2.24) is 0 Å². The molecular formula is C25H27N3O5. The number of aryl methyl sites for hydroxylation is 2. The van der Waals surface area contributed by atoms with Crippen LogP contribution >= 0.6 is 0 Å². The molecule has 3 aromatic carbocycles. The van der Waals surface area contributed by atoms with Crippen molar-refractivity contribution in [2.45, 2.75) is 20.3 Å². The minimum absolute atomic E-state index is 0.0228. The number of para-hydroxylation sites is 2. The zero-order valence-corrected chi connectivity index (χ0v) is 18.9. The van der Waals surface area contributed by atoms with E-state index in [2.05, 4.69) is 10.5 Å². The van der Waals surface area contributed by atoms with Gasteiger partial charge in [0.2, 0.25) is 0 Å². The maximum absolute atomic E-state index is 10.8. The lowest BCUT2D eigenvalue weighted by Gasteiger charge is -2.14. The number of nitrogens with zero attached hydrogens (tertiary/aromatic N) is 2. The monoisotopic (exact) mass is 449 g/mol. The maximum Gasteiger partial charge on any atom is 0.269 e. The average molecular weight is 450 g/mol. The van der Waals surface area contributed by atoms with E-state index in [4.69, 9.17) is 14.2 Å². The molecule has 8 nitrogen and oxygen atoms in total.